The van der Waals surface area contributed by atoms with E-state index in [4.69, 9.17) is 0 Å². The summed E-state index contributed by atoms with van der Waals surface area (Å²) in [4.78, 5) is 14.0. The van der Waals surface area contributed by atoms with Crippen LogP contribution in [0, 0.1) is 0 Å². The highest BCUT2D eigenvalue weighted by Crippen LogP contribution is 2.17. The summed E-state index contributed by atoms with van der Waals surface area (Å²) in [6.45, 7) is 9.53. The molecule has 0 bridgehead atoms. The van der Waals surface area contributed by atoms with Gasteiger partial charge in [0.15, 0.2) is 0 Å². The number of amides is 1. The highest BCUT2D eigenvalue weighted by Gasteiger charge is 2.19. The van der Waals surface area contributed by atoms with Crippen molar-refractivity contribution in [3.05, 3.63) is 34.3 Å². The molecule has 3 nitrogen and oxygen atoms in total. The second-order valence-corrected chi connectivity index (χ2v) is 5.59. The van der Waals surface area contributed by atoms with Gasteiger partial charge in [-0.25, -0.2) is 0 Å². The van der Waals surface area contributed by atoms with Crippen LogP contribution in [0.5, 0.6) is 0 Å². The molecule has 1 N–H and O–H groups in total. The topological polar surface area (TPSA) is 32.3 Å². The minimum atomic E-state index is -0.168. The van der Waals surface area contributed by atoms with E-state index in [-0.39, 0.29) is 18.0 Å². The highest BCUT2D eigenvalue weighted by atomic mass is 79.9. The number of nitrogens with one attached hydrogen (secondary N) is 1. The lowest BCUT2D eigenvalue weighted by molar-refractivity contribution is -0.132. The van der Waals surface area contributed by atoms with Crippen LogP contribution >= 0.6 is 15.9 Å². The molecule has 2 atom stereocenters. The molecule has 0 aliphatic heterocycles. The number of carbonyl (C=O) groups excluding carboxylic acids is 1. The number of likely N-dealkylation sites (N-methyl/N-ethyl adjacent to an activating group) is 1. The molecular weight excluding hydrogens is 304 g/mol. The summed E-state index contributed by atoms with van der Waals surface area (Å²) >= 11 is 3.43. The fraction of sp³-hybridized carbons (Fsp3) is 0.533. The van der Waals surface area contributed by atoms with E-state index in [0.29, 0.717) is 0 Å². The molecule has 0 saturated carbocycles. The molecule has 1 unspecified atom stereocenters. The number of hydrogen-bond donors (Lipinski definition) is 1. The van der Waals surface area contributed by atoms with Crippen LogP contribution in [-0.4, -0.2) is 29.9 Å². The first kappa shape index (κ1) is 16.2. The monoisotopic (exact) mass is 326 g/mol. The summed E-state index contributed by atoms with van der Waals surface area (Å²) in [5.74, 6) is 0.161. The zero-order chi connectivity index (χ0) is 14.4. The average molecular weight is 327 g/mol. The van der Waals surface area contributed by atoms with Crippen molar-refractivity contribution in [1.29, 1.82) is 0 Å². The minimum absolute atomic E-state index is 0.155. The van der Waals surface area contributed by atoms with Crippen LogP contribution in [0.4, 0.5) is 0 Å². The van der Waals surface area contributed by atoms with E-state index >= 15 is 0 Å². The summed E-state index contributed by atoms with van der Waals surface area (Å²) in [6, 6.07) is 8.16. The molecule has 19 heavy (non-hydrogen) atoms. The molecule has 0 spiro atoms. The standard InChI is InChI=1S/C15H23BrN2O/c1-5-18(6-2)15(19)12(4)17-11(3)13-7-9-14(16)10-8-13/h7-12,17H,5-6H2,1-4H3/t11-,12?/m0/s1. The summed E-state index contributed by atoms with van der Waals surface area (Å²) in [7, 11) is 0. The molecule has 0 aromatic heterocycles. The quantitative estimate of drug-likeness (QED) is 0.869. The predicted octanol–water partition coefficient (Wildman–Crippen LogP) is 3.36. The first-order valence-corrected chi connectivity index (χ1v) is 7.59. The summed E-state index contributed by atoms with van der Waals surface area (Å²) in [5.41, 5.74) is 1.18. The Hall–Kier alpha value is -0.870. The predicted molar refractivity (Wildman–Crippen MR) is 83.1 cm³/mol. The van der Waals surface area contributed by atoms with Crippen LogP contribution in [0.25, 0.3) is 0 Å². The van der Waals surface area contributed by atoms with E-state index in [1.165, 1.54) is 5.56 Å². The molecule has 4 heteroatoms. The number of benzene rings is 1. The molecule has 0 heterocycles. The largest absolute Gasteiger partial charge is 0.342 e. The van der Waals surface area contributed by atoms with Crippen LogP contribution in [0.3, 0.4) is 0 Å². The van der Waals surface area contributed by atoms with Crippen molar-refractivity contribution in [2.75, 3.05) is 13.1 Å². The Bertz CT molecular complexity index is 401. The van der Waals surface area contributed by atoms with Crippen molar-refractivity contribution in [3.8, 4) is 0 Å². The van der Waals surface area contributed by atoms with Crippen molar-refractivity contribution >= 4 is 21.8 Å². The Balaban J connectivity index is 2.63. The van der Waals surface area contributed by atoms with Crippen molar-refractivity contribution in [2.24, 2.45) is 0 Å². The first-order chi connectivity index (χ1) is 8.99. The number of nitrogens with zero attached hydrogens (tertiary/aromatic N) is 1. The van der Waals surface area contributed by atoms with Crippen molar-refractivity contribution < 1.29 is 4.79 Å². The van der Waals surface area contributed by atoms with Gasteiger partial charge in [-0.3, -0.25) is 10.1 Å². The molecule has 106 valence electrons. The molecule has 0 aliphatic carbocycles. The molecule has 1 rings (SSSR count). The number of carbonyl (C=O) groups is 1. The SMILES string of the molecule is CCN(CC)C(=O)C(C)N[C@@H](C)c1ccc(Br)cc1. The van der Waals surface area contributed by atoms with Gasteiger partial charge in [0.2, 0.25) is 5.91 Å². The zero-order valence-electron chi connectivity index (χ0n) is 12.1. The number of rotatable bonds is 6. The maximum atomic E-state index is 12.2. The second-order valence-electron chi connectivity index (χ2n) is 4.67. The van der Waals surface area contributed by atoms with Crippen LogP contribution in [0.15, 0.2) is 28.7 Å². The minimum Gasteiger partial charge on any atom is -0.342 e. The van der Waals surface area contributed by atoms with E-state index in [1.807, 2.05) is 37.8 Å². The van der Waals surface area contributed by atoms with E-state index in [1.54, 1.807) is 0 Å². The van der Waals surface area contributed by atoms with Gasteiger partial charge < -0.3 is 4.90 Å². The van der Waals surface area contributed by atoms with Gasteiger partial charge in [-0.1, -0.05) is 28.1 Å². The van der Waals surface area contributed by atoms with Crippen molar-refractivity contribution in [1.82, 2.24) is 10.2 Å². The molecule has 1 aromatic rings. The Morgan fingerprint density at radius 1 is 1.21 bits per heavy atom. The maximum absolute atomic E-state index is 12.2. The third-order valence-electron chi connectivity index (χ3n) is 3.32. The molecule has 0 saturated heterocycles. The fourth-order valence-electron chi connectivity index (χ4n) is 2.10. The van der Waals surface area contributed by atoms with Crippen LogP contribution < -0.4 is 5.32 Å². The van der Waals surface area contributed by atoms with E-state index in [0.717, 1.165) is 17.6 Å². The molecule has 1 amide bonds. The summed E-state index contributed by atoms with van der Waals surface area (Å²) in [5, 5.41) is 3.36. The second kappa shape index (κ2) is 7.65. The van der Waals surface area contributed by atoms with Crippen LogP contribution in [0.2, 0.25) is 0 Å². The lowest BCUT2D eigenvalue weighted by Crippen LogP contribution is -2.45. The van der Waals surface area contributed by atoms with Crippen LogP contribution in [0.1, 0.15) is 39.3 Å². The Morgan fingerprint density at radius 3 is 2.21 bits per heavy atom. The molecular formula is C15H23BrN2O. The van der Waals surface area contributed by atoms with E-state index in [2.05, 4.69) is 40.3 Å². The zero-order valence-corrected chi connectivity index (χ0v) is 13.7. The maximum Gasteiger partial charge on any atom is 0.239 e. The lowest BCUT2D eigenvalue weighted by Gasteiger charge is -2.26. The lowest BCUT2D eigenvalue weighted by atomic mass is 10.1. The Morgan fingerprint density at radius 2 is 1.74 bits per heavy atom. The fourth-order valence-corrected chi connectivity index (χ4v) is 2.37. The van der Waals surface area contributed by atoms with Gasteiger partial charge in [-0.2, -0.15) is 0 Å². The third kappa shape index (κ3) is 4.62. The van der Waals surface area contributed by atoms with E-state index in [9.17, 15) is 4.79 Å². The summed E-state index contributed by atoms with van der Waals surface area (Å²) in [6.07, 6.45) is 0. The smallest absolute Gasteiger partial charge is 0.239 e. The van der Waals surface area contributed by atoms with Gasteiger partial charge in [0.25, 0.3) is 0 Å². The molecule has 1 aromatic carbocycles. The highest BCUT2D eigenvalue weighted by molar-refractivity contribution is 9.10. The van der Waals surface area contributed by atoms with Gasteiger partial charge in [0, 0.05) is 23.6 Å². The van der Waals surface area contributed by atoms with E-state index < -0.39 is 0 Å². The van der Waals surface area contributed by atoms with Gasteiger partial charge in [0.1, 0.15) is 0 Å². The van der Waals surface area contributed by atoms with Gasteiger partial charge in [0.05, 0.1) is 6.04 Å². The average Bonchev–Trinajstić information content (AvgIpc) is 2.40. The normalized spacial score (nSPS) is 13.9. The first-order valence-electron chi connectivity index (χ1n) is 6.79. The number of hydrogen-bond acceptors (Lipinski definition) is 2. The Kier molecular flexibility index (Phi) is 6.52. The van der Waals surface area contributed by atoms with Gasteiger partial charge in [-0.05, 0) is 45.4 Å². The van der Waals surface area contributed by atoms with Crippen LogP contribution in [-0.2, 0) is 4.79 Å². The number of halogens is 1. The third-order valence-corrected chi connectivity index (χ3v) is 3.84. The molecule has 0 fully saturated rings. The van der Waals surface area contributed by atoms with Crippen molar-refractivity contribution in [2.45, 2.75) is 39.8 Å². The van der Waals surface area contributed by atoms with Crippen molar-refractivity contribution in [3.63, 3.8) is 0 Å². The molecule has 0 radical (unpaired) electrons. The molecule has 0 aliphatic rings. The summed E-state index contributed by atoms with van der Waals surface area (Å²) < 4.78 is 1.07. The Labute approximate surface area is 124 Å². The van der Waals surface area contributed by atoms with Gasteiger partial charge in [-0.15, -0.1) is 0 Å². The van der Waals surface area contributed by atoms with Gasteiger partial charge >= 0.3 is 0 Å².